The number of benzene rings is 2. The van der Waals surface area contributed by atoms with E-state index < -0.39 is 5.91 Å². The van der Waals surface area contributed by atoms with Gasteiger partial charge >= 0.3 is 0 Å². The highest BCUT2D eigenvalue weighted by Gasteiger charge is 2.17. The summed E-state index contributed by atoms with van der Waals surface area (Å²) in [5.74, 6) is 0.801. The first-order valence-electron chi connectivity index (χ1n) is 7.28. The second-order valence-corrected chi connectivity index (χ2v) is 6.50. The molecule has 0 bridgehead atoms. The van der Waals surface area contributed by atoms with Gasteiger partial charge in [-0.3, -0.25) is 4.79 Å². The van der Waals surface area contributed by atoms with E-state index in [1.165, 1.54) is 7.11 Å². The Balaban J connectivity index is 1.84. The third kappa shape index (κ3) is 3.81. The van der Waals surface area contributed by atoms with E-state index in [-0.39, 0.29) is 5.76 Å². The maximum absolute atomic E-state index is 12.5. The van der Waals surface area contributed by atoms with Crippen LogP contribution in [0.3, 0.4) is 0 Å². The molecular weight excluding hydrogens is 408 g/mol. The van der Waals surface area contributed by atoms with Crippen LogP contribution < -0.4 is 15.8 Å². The van der Waals surface area contributed by atoms with Gasteiger partial charge < -0.3 is 20.2 Å². The van der Waals surface area contributed by atoms with Gasteiger partial charge in [-0.15, -0.1) is 0 Å². The summed E-state index contributed by atoms with van der Waals surface area (Å²) in [6, 6.07) is 13.8. The summed E-state index contributed by atoms with van der Waals surface area (Å²) < 4.78 is 11.5. The van der Waals surface area contributed by atoms with Gasteiger partial charge in [0.05, 0.1) is 12.8 Å². The van der Waals surface area contributed by atoms with Crippen molar-refractivity contribution in [1.29, 1.82) is 0 Å². The molecule has 0 saturated heterocycles. The molecule has 0 aliphatic heterocycles. The second-order valence-electron chi connectivity index (χ2n) is 5.20. The fraction of sp³-hybridized carbons (Fsp3) is 0.0556. The Morgan fingerprint density at radius 1 is 1.20 bits per heavy atom. The number of ether oxygens (including phenoxy) is 1. The lowest BCUT2D eigenvalue weighted by Gasteiger charge is -2.12. The minimum absolute atomic E-state index is 0.177. The van der Waals surface area contributed by atoms with Crippen molar-refractivity contribution in [3.63, 3.8) is 0 Å². The lowest BCUT2D eigenvalue weighted by molar-refractivity contribution is 0.0997. The van der Waals surface area contributed by atoms with E-state index in [1.807, 2.05) is 12.1 Å². The largest absolute Gasteiger partial charge is 0.494 e. The van der Waals surface area contributed by atoms with Crippen molar-refractivity contribution in [1.82, 2.24) is 0 Å². The van der Waals surface area contributed by atoms with Crippen LogP contribution in [-0.4, -0.2) is 13.0 Å². The molecule has 128 valence electrons. The summed E-state index contributed by atoms with van der Waals surface area (Å²) in [5, 5.41) is 3.40. The molecule has 1 aromatic heterocycles. The summed E-state index contributed by atoms with van der Waals surface area (Å²) in [4.78, 5) is 12.5. The molecule has 0 spiro atoms. The van der Waals surface area contributed by atoms with Crippen molar-refractivity contribution in [2.24, 2.45) is 0 Å². The van der Waals surface area contributed by atoms with Crippen LogP contribution in [0.5, 0.6) is 5.75 Å². The number of nitrogen functional groups attached to an aromatic ring is 1. The molecule has 0 saturated carbocycles. The fourth-order valence-electron chi connectivity index (χ4n) is 2.29. The predicted molar refractivity (Wildman–Crippen MR) is 102 cm³/mol. The first kappa shape index (κ1) is 17.4. The van der Waals surface area contributed by atoms with Gasteiger partial charge in [-0.1, -0.05) is 11.6 Å². The minimum atomic E-state index is -0.399. The Kier molecular flexibility index (Phi) is 5.01. The SMILES string of the molecule is COc1cc(N)cc(Br)c1NC(=O)c1ccc(-c2ccc(Cl)cc2)o1. The molecule has 3 aromatic rings. The number of hydrogen-bond donors (Lipinski definition) is 2. The van der Waals surface area contributed by atoms with E-state index in [1.54, 1.807) is 36.4 Å². The first-order valence-corrected chi connectivity index (χ1v) is 8.45. The smallest absolute Gasteiger partial charge is 0.291 e. The Morgan fingerprint density at radius 3 is 2.60 bits per heavy atom. The number of carbonyl (C=O) groups excluding carboxylic acids is 1. The van der Waals surface area contributed by atoms with Crippen LogP contribution in [0.4, 0.5) is 11.4 Å². The average Bonchev–Trinajstić information content (AvgIpc) is 3.07. The normalized spacial score (nSPS) is 10.5. The Morgan fingerprint density at radius 2 is 1.92 bits per heavy atom. The third-order valence-corrected chi connectivity index (χ3v) is 4.37. The van der Waals surface area contributed by atoms with E-state index in [4.69, 9.17) is 26.5 Å². The Bertz CT molecular complexity index is 923. The average molecular weight is 422 g/mol. The van der Waals surface area contributed by atoms with Crippen LogP contribution in [0.25, 0.3) is 11.3 Å². The molecular formula is C18H14BrClN2O3. The van der Waals surface area contributed by atoms with Crippen LogP contribution in [0.1, 0.15) is 10.6 Å². The van der Waals surface area contributed by atoms with Gasteiger partial charge in [0.1, 0.15) is 11.5 Å². The molecule has 0 aliphatic carbocycles. The van der Waals surface area contributed by atoms with Crippen molar-refractivity contribution in [2.45, 2.75) is 0 Å². The van der Waals surface area contributed by atoms with Crippen molar-refractivity contribution < 1.29 is 13.9 Å². The summed E-state index contributed by atoms with van der Waals surface area (Å²) in [5.41, 5.74) is 7.60. The molecule has 0 atom stereocenters. The lowest BCUT2D eigenvalue weighted by atomic mass is 10.2. The van der Waals surface area contributed by atoms with Crippen molar-refractivity contribution in [3.05, 3.63) is 63.8 Å². The fourth-order valence-corrected chi connectivity index (χ4v) is 2.97. The Labute approximate surface area is 157 Å². The van der Waals surface area contributed by atoms with Gasteiger partial charge in [0, 0.05) is 26.8 Å². The molecule has 0 aliphatic rings. The zero-order valence-electron chi connectivity index (χ0n) is 13.2. The molecule has 0 unspecified atom stereocenters. The molecule has 2 aromatic carbocycles. The lowest BCUT2D eigenvalue weighted by Crippen LogP contribution is -2.12. The molecule has 3 N–H and O–H groups in total. The highest BCUT2D eigenvalue weighted by molar-refractivity contribution is 9.10. The highest BCUT2D eigenvalue weighted by Crippen LogP contribution is 2.35. The molecule has 1 heterocycles. The minimum Gasteiger partial charge on any atom is -0.494 e. The summed E-state index contributed by atoms with van der Waals surface area (Å²) in [7, 11) is 1.50. The molecule has 0 fully saturated rings. The van der Waals surface area contributed by atoms with Gasteiger partial charge in [-0.05, 0) is 58.4 Å². The number of nitrogens with one attached hydrogen (secondary N) is 1. The molecule has 5 nitrogen and oxygen atoms in total. The van der Waals surface area contributed by atoms with Crippen LogP contribution >= 0.6 is 27.5 Å². The number of hydrogen-bond acceptors (Lipinski definition) is 4. The number of halogens is 2. The second kappa shape index (κ2) is 7.21. The van der Waals surface area contributed by atoms with Gasteiger partial charge in [0.2, 0.25) is 0 Å². The monoisotopic (exact) mass is 420 g/mol. The van der Waals surface area contributed by atoms with E-state index in [9.17, 15) is 4.79 Å². The topological polar surface area (TPSA) is 77.5 Å². The molecule has 0 radical (unpaired) electrons. The standard InChI is InChI=1S/C18H14BrClN2O3/c1-24-16-9-12(21)8-13(19)17(16)22-18(23)15-7-6-14(25-15)10-2-4-11(20)5-3-10/h2-9H,21H2,1H3,(H,22,23). The summed E-state index contributed by atoms with van der Waals surface area (Å²) >= 11 is 9.25. The number of carbonyl (C=O) groups is 1. The van der Waals surface area contributed by atoms with Crippen molar-refractivity contribution in [2.75, 3.05) is 18.2 Å². The third-order valence-electron chi connectivity index (χ3n) is 3.49. The predicted octanol–water partition coefficient (Wildman–Crippen LogP) is 5.21. The molecule has 3 rings (SSSR count). The quantitative estimate of drug-likeness (QED) is 0.567. The van der Waals surface area contributed by atoms with Crippen molar-refractivity contribution >= 4 is 44.8 Å². The van der Waals surface area contributed by atoms with Crippen LogP contribution in [0.2, 0.25) is 5.02 Å². The van der Waals surface area contributed by atoms with E-state index in [0.717, 1.165) is 5.56 Å². The highest BCUT2D eigenvalue weighted by atomic mass is 79.9. The zero-order chi connectivity index (χ0) is 18.0. The first-order chi connectivity index (χ1) is 12.0. The maximum Gasteiger partial charge on any atom is 0.291 e. The number of methoxy groups -OCH3 is 1. The Hall–Kier alpha value is -2.44. The summed E-state index contributed by atoms with van der Waals surface area (Å²) in [6.45, 7) is 0. The number of rotatable bonds is 4. The number of amides is 1. The summed E-state index contributed by atoms with van der Waals surface area (Å²) in [6.07, 6.45) is 0. The van der Waals surface area contributed by atoms with Gasteiger partial charge in [0.25, 0.3) is 5.91 Å². The molecule has 7 heteroatoms. The van der Waals surface area contributed by atoms with Crippen molar-refractivity contribution in [3.8, 4) is 17.1 Å². The number of anilines is 2. The molecule has 25 heavy (non-hydrogen) atoms. The van der Waals surface area contributed by atoms with Crippen LogP contribution in [-0.2, 0) is 0 Å². The maximum atomic E-state index is 12.5. The van der Waals surface area contributed by atoms with Gasteiger partial charge in [-0.25, -0.2) is 0 Å². The number of furan rings is 1. The van der Waals surface area contributed by atoms with Gasteiger partial charge in [-0.2, -0.15) is 0 Å². The van der Waals surface area contributed by atoms with Crippen LogP contribution in [0.15, 0.2) is 57.4 Å². The number of nitrogens with two attached hydrogens (primary N) is 1. The van der Waals surface area contributed by atoms with E-state index >= 15 is 0 Å². The van der Waals surface area contributed by atoms with E-state index in [2.05, 4.69) is 21.2 Å². The van der Waals surface area contributed by atoms with Gasteiger partial charge in [0.15, 0.2) is 5.76 Å². The zero-order valence-corrected chi connectivity index (χ0v) is 15.5. The van der Waals surface area contributed by atoms with E-state index in [0.29, 0.717) is 32.4 Å². The van der Waals surface area contributed by atoms with Crippen LogP contribution in [0, 0.1) is 0 Å². The molecule has 1 amide bonds.